The number of halogens is 3. The lowest BCUT2D eigenvalue weighted by atomic mass is 9.93. The average molecular weight is 849 g/mol. The number of anilines is 1. The van der Waals surface area contributed by atoms with Crippen LogP contribution in [0.15, 0.2) is 59.7 Å². The standard InChI is InChI=1S/C44H55F3N8O6/c1-53-39-31(6-2-8-36(39)55(43(53)59)37-17-18-38(57)51-41(37)58)7-3-22-60-24-5-25-61-23-4-20-48-26-29-9-11-30(12-10-29)35-28-54(32-13-15-33(56)16-14-32)40-34(35)27-50-42(52-40)49-21-19-44(45,46)47/h2,6,8-12,27-28,32-33,37,48,56H,3-5,7,13-26H2,1H3,(H,49,50,52)(H,51,57,58)/t32-,33-,37-/m0/s1. The second-order valence-corrected chi connectivity index (χ2v) is 16.0. The third-order valence-corrected chi connectivity index (χ3v) is 11.6. The molecule has 2 fully saturated rings. The van der Waals surface area contributed by atoms with Crippen LogP contribution in [0.2, 0.25) is 0 Å². The molecule has 1 aliphatic carbocycles. The number of hydrogen-bond acceptors (Lipinski definition) is 10. The first-order valence-corrected chi connectivity index (χ1v) is 21.3. The van der Waals surface area contributed by atoms with Gasteiger partial charge in [-0.2, -0.15) is 18.2 Å². The summed E-state index contributed by atoms with van der Waals surface area (Å²) in [5.74, 6) is -0.598. The minimum atomic E-state index is -4.27. The Bertz CT molecular complexity index is 2330. The minimum Gasteiger partial charge on any atom is -0.393 e. The van der Waals surface area contributed by atoms with E-state index in [0.29, 0.717) is 69.8 Å². The molecule has 2 aliphatic rings. The van der Waals surface area contributed by atoms with Crippen LogP contribution >= 0.6 is 0 Å². The summed E-state index contributed by atoms with van der Waals surface area (Å²) in [6, 6.07) is 13.4. The average Bonchev–Trinajstić information content (AvgIpc) is 3.73. The Morgan fingerprint density at radius 1 is 0.918 bits per heavy atom. The summed E-state index contributed by atoms with van der Waals surface area (Å²) < 4.78 is 55.1. The number of aryl methyl sites for hydroxylation is 2. The van der Waals surface area contributed by atoms with Gasteiger partial charge in [-0.3, -0.25) is 24.0 Å². The highest BCUT2D eigenvalue weighted by atomic mass is 19.4. The summed E-state index contributed by atoms with van der Waals surface area (Å²) in [7, 11) is 1.71. The molecule has 2 amide bonds. The van der Waals surface area contributed by atoms with Gasteiger partial charge < -0.3 is 29.8 Å². The van der Waals surface area contributed by atoms with Crippen LogP contribution in [-0.4, -0.2) is 92.4 Å². The number of imide groups is 1. The monoisotopic (exact) mass is 848 g/mol. The van der Waals surface area contributed by atoms with Crippen LogP contribution in [0.3, 0.4) is 0 Å². The van der Waals surface area contributed by atoms with Crippen molar-refractivity contribution < 1.29 is 37.3 Å². The molecule has 17 heteroatoms. The molecule has 1 atom stereocenters. The summed E-state index contributed by atoms with van der Waals surface area (Å²) in [5.41, 5.74) is 5.96. The number of benzene rings is 2. The molecule has 0 unspecified atom stereocenters. The van der Waals surface area contributed by atoms with E-state index in [2.05, 4.69) is 60.9 Å². The molecule has 3 aromatic heterocycles. The molecular formula is C44H55F3N8O6. The van der Waals surface area contributed by atoms with Gasteiger partial charge in [0.15, 0.2) is 0 Å². The van der Waals surface area contributed by atoms with Crippen LogP contribution in [-0.2, 0) is 39.1 Å². The number of piperidine rings is 1. The molecule has 5 aromatic rings. The molecule has 4 N–H and O–H groups in total. The Morgan fingerprint density at radius 2 is 1.66 bits per heavy atom. The van der Waals surface area contributed by atoms with Crippen LogP contribution < -0.4 is 21.6 Å². The third kappa shape index (κ3) is 11.1. The van der Waals surface area contributed by atoms with E-state index in [1.165, 1.54) is 4.57 Å². The largest absolute Gasteiger partial charge is 0.393 e. The van der Waals surface area contributed by atoms with Crippen LogP contribution in [0.5, 0.6) is 0 Å². The molecule has 1 aliphatic heterocycles. The van der Waals surface area contributed by atoms with Crippen LogP contribution in [0, 0.1) is 0 Å². The van der Waals surface area contributed by atoms with Crippen LogP contribution in [0.4, 0.5) is 19.1 Å². The van der Waals surface area contributed by atoms with Gasteiger partial charge in [-0.25, -0.2) is 9.78 Å². The van der Waals surface area contributed by atoms with Gasteiger partial charge in [0.25, 0.3) is 0 Å². The van der Waals surface area contributed by atoms with Crippen molar-refractivity contribution in [1.82, 2.24) is 34.3 Å². The fourth-order valence-corrected chi connectivity index (χ4v) is 8.39. The lowest BCUT2D eigenvalue weighted by Gasteiger charge is -2.27. The highest BCUT2D eigenvalue weighted by Crippen LogP contribution is 2.37. The fourth-order valence-electron chi connectivity index (χ4n) is 8.39. The topological polar surface area (TPSA) is 167 Å². The molecule has 2 aromatic carbocycles. The molecule has 328 valence electrons. The zero-order valence-corrected chi connectivity index (χ0v) is 34.5. The van der Waals surface area contributed by atoms with E-state index in [4.69, 9.17) is 9.47 Å². The number of rotatable bonds is 20. The van der Waals surface area contributed by atoms with E-state index < -0.39 is 24.5 Å². The number of fused-ring (bicyclic) bond motifs is 2. The number of amides is 2. The Hall–Kier alpha value is -5.10. The van der Waals surface area contributed by atoms with Crippen molar-refractivity contribution in [3.8, 4) is 11.1 Å². The van der Waals surface area contributed by atoms with Crippen LogP contribution in [0.1, 0.15) is 87.4 Å². The zero-order valence-electron chi connectivity index (χ0n) is 34.5. The quantitative estimate of drug-likeness (QED) is 0.0531. The number of aliphatic hydroxyl groups is 1. The molecule has 0 spiro atoms. The molecule has 1 saturated carbocycles. The van der Waals surface area contributed by atoms with Crippen molar-refractivity contribution >= 4 is 39.8 Å². The van der Waals surface area contributed by atoms with Crippen molar-refractivity contribution in [2.75, 3.05) is 44.8 Å². The van der Waals surface area contributed by atoms with Gasteiger partial charge in [0.1, 0.15) is 11.7 Å². The normalized spacial score (nSPS) is 18.6. The van der Waals surface area contributed by atoms with Crippen molar-refractivity contribution in [2.24, 2.45) is 7.05 Å². The van der Waals surface area contributed by atoms with E-state index in [0.717, 1.165) is 71.8 Å². The second kappa shape index (κ2) is 20.2. The predicted octanol–water partition coefficient (Wildman–Crippen LogP) is 6.11. The van der Waals surface area contributed by atoms with Gasteiger partial charge in [-0.05, 0) is 87.1 Å². The Balaban J connectivity index is 0.798. The number of para-hydroxylation sites is 1. The Labute approximate surface area is 351 Å². The van der Waals surface area contributed by atoms with Crippen molar-refractivity contribution in [3.63, 3.8) is 0 Å². The number of carbonyl (C=O) groups is 2. The molecule has 4 heterocycles. The smallest absolute Gasteiger partial charge is 0.390 e. The first kappa shape index (κ1) is 44.0. The molecule has 1 saturated heterocycles. The molecule has 61 heavy (non-hydrogen) atoms. The van der Waals surface area contributed by atoms with E-state index in [1.54, 1.807) is 17.8 Å². The van der Waals surface area contributed by atoms with E-state index in [1.807, 2.05) is 18.2 Å². The number of aromatic nitrogens is 5. The molecule has 0 bridgehead atoms. The summed E-state index contributed by atoms with van der Waals surface area (Å²) in [6.45, 7) is 3.60. The van der Waals surface area contributed by atoms with Gasteiger partial charge in [-0.1, -0.05) is 36.4 Å². The number of ether oxygens (including phenoxy) is 2. The lowest BCUT2D eigenvalue weighted by molar-refractivity contribution is -0.136. The minimum absolute atomic E-state index is 0.124. The number of nitrogens with one attached hydrogen (secondary N) is 3. The maximum Gasteiger partial charge on any atom is 0.390 e. The van der Waals surface area contributed by atoms with Gasteiger partial charge >= 0.3 is 11.9 Å². The van der Waals surface area contributed by atoms with E-state index >= 15 is 0 Å². The van der Waals surface area contributed by atoms with Crippen LogP contribution in [0.25, 0.3) is 33.2 Å². The van der Waals surface area contributed by atoms with E-state index in [-0.39, 0.29) is 42.7 Å². The fraction of sp³-hybridized carbons (Fsp3) is 0.523. The second-order valence-electron chi connectivity index (χ2n) is 16.0. The SMILES string of the molecule is Cn1c(=O)n([C@H]2CCC(=O)NC2=O)c2cccc(CCCOCCCOCCCNCc3ccc(-c4cn([C@H]5CC[C@H](O)CC5)c5nc(NCCC(F)(F)F)ncc45)cc3)c21. The van der Waals surface area contributed by atoms with Gasteiger partial charge in [-0.15, -0.1) is 0 Å². The molecular weight excluding hydrogens is 794 g/mol. The summed E-state index contributed by atoms with van der Waals surface area (Å²) in [4.78, 5) is 46.3. The van der Waals surface area contributed by atoms with Gasteiger partial charge in [0, 0.05) is 82.4 Å². The summed E-state index contributed by atoms with van der Waals surface area (Å²) in [6.07, 6.45) is 4.77. The zero-order chi connectivity index (χ0) is 42.9. The van der Waals surface area contributed by atoms with Gasteiger partial charge in [0.2, 0.25) is 17.8 Å². The molecule has 7 rings (SSSR count). The Morgan fingerprint density at radius 3 is 2.39 bits per heavy atom. The first-order chi connectivity index (χ1) is 29.5. The first-order valence-electron chi connectivity index (χ1n) is 21.3. The number of aliphatic hydroxyl groups excluding tert-OH is 1. The molecule has 0 radical (unpaired) electrons. The predicted molar refractivity (Wildman–Crippen MR) is 225 cm³/mol. The highest BCUT2D eigenvalue weighted by Gasteiger charge is 2.32. The number of carbonyl (C=O) groups excluding carboxylic acids is 2. The number of alkyl halides is 3. The van der Waals surface area contributed by atoms with Crippen molar-refractivity contribution in [3.05, 3.63) is 76.5 Å². The maximum absolute atomic E-state index is 13.2. The number of imidazole rings is 1. The lowest BCUT2D eigenvalue weighted by Crippen LogP contribution is -2.44. The maximum atomic E-state index is 13.2. The third-order valence-electron chi connectivity index (χ3n) is 11.6. The van der Waals surface area contributed by atoms with Crippen molar-refractivity contribution in [2.45, 2.75) is 102 Å². The van der Waals surface area contributed by atoms with Gasteiger partial charge in [0.05, 0.1) is 23.6 Å². The highest BCUT2D eigenvalue weighted by molar-refractivity contribution is 6.00. The number of hydrogen-bond donors (Lipinski definition) is 4. The van der Waals surface area contributed by atoms with E-state index in [9.17, 15) is 32.7 Å². The summed E-state index contributed by atoms with van der Waals surface area (Å²) in [5, 5.41) is 19.5. The Kier molecular flexibility index (Phi) is 14.5. The summed E-state index contributed by atoms with van der Waals surface area (Å²) >= 11 is 0. The number of nitrogens with zero attached hydrogens (tertiary/aromatic N) is 5. The van der Waals surface area contributed by atoms with Crippen molar-refractivity contribution in [1.29, 1.82) is 0 Å². The molecule has 14 nitrogen and oxygen atoms in total.